The summed E-state index contributed by atoms with van der Waals surface area (Å²) in [6, 6.07) is 0. The van der Waals surface area contributed by atoms with Crippen LogP contribution in [0.2, 0.25) is 0 Å². The molecule has 0 fully saturated rings. The van der Waals surface area contributed by atoms with E-state index < -0.39 is 0 Å². The molecule has 0 spiro atoms. The molecule has 0 heterocycles. The van der Waals surface area contributed by atoms with Crippen LogP contribution in [0, 0.1) is 0 Å². The number of rotatable bonds is 22. The quantitative estimate of drug-likeness (QED) is 0.184. The van der Waals surface area contributed by atoms with Crippen LogP contribution < -0.4 is 0 Å². The molecule has 0 aromatic rings. The van der Waals surface area contributed by atoms with Crippen LogP contribution in [0.3, 0.4) is 0 Å². The molecule has 0 aliphatic heterocycles. The van der Waals surface area contributed by atoms with Crippen LogP contribution in [0.4, 0.5) is 0 Å². The summed E-state index contributed by atoms with van der Waals surface area (Å²) in [7, 11) is 0. The Balaban J connectivity index is 0. The Labute approximate surface area is 179 Å². The van der Waals surface area contributed by atoms with Crippen LogP contribution >= 0.6 is 0 Å². The van der Waals surface area contributed by atoms with Crippen molar-refractivity contribution in [3.63, 3.8) is 0 Å². The molecule has 0 aromatic heterocycles. The second-order valence-electron chi connectivity index (χ2n) is 8.35. The Bertz CT molecular complexity index is 208. The van der Waals surface area contributed by atoms with Crippen LogP contribution in [0.15, 0.2) is 0 Å². The summed E-state index contributed by atoms with van der Waals surface area (Å²) in [4.78, 5) is 0. The number of aliphatic hydroxyl groups excluding tert-OH is 1. The second-order valence-corrected chi connectivity index (χ2v) is 8.35. The third-order valence-electron chi connectivity index (χ3n) is 5.30. The number of hydrogen-bond donors (Lipinski definition) is 1. The van der Waals surface area contributed by atoms with Crippen molar-refractivity contribution in [2.45, 2.75) is 149 Å². The Kier molecular flexibility index (Phi) is 34.0. The molecule has 2 nitrogen and oxygen atoms in total. The predicted octanol–water partition coefficient (Wildman–Crippen LogP) is 8.84. The first-order valence-corrected chi connectivity index (χ1v) is 13.0. The minimum Gasteiger partial charge on any atom is -0.396 e. The van der Waals surface area contributed by atoms with Gasteiger partial charge in [-0.25, -0.2) is 0 Å². The third kappa shape index (κ3) is 33.5. The maximum absolute atomic E-state index is 8.67. The molecule has 0 unspecified atom stereocenters. The van der Waals surface area contributed by atoms with Gasteiger partial charge in [0.15, 0.2) is 0 Å². The van der Waals surface area contributed by atoms with Crippen molar-refractivity contribution in [1.82, 2.24) is 0 Å². The summed E-state index contributed by atoms with van der Waals surface area (Å²) in [5.74, 6) is 0. The van der Waals surface area contributed by atoms with Crippen LogP contribution in [0.5, 0.6) is 0 Å². The lowest BCUT2D eigenvalue weighted by Gasteiger charge is -2.03. The van der Waals surface area contributed by atoms with Crippen molar-refractivity contribution >= 4 is 0 Å². The van der Waals surface area contributed by atoms with Gasteiger partial charge in [0.1, 0.15) is 0 Å². The Morgan fingerprint density at radius 2 is 0.679 bits per heavy atom. The van der Waals surface area contributed by atoms with E-state index >= 15 is 0 Å². The molecule has 0 atom stereocenters. The van der Waals surface area contributed by atoms with Gasteiger partial charge in [-0.05, 0) is 19.3 Å². The van der Waals surface area contributed by atoms with E-state index in [0.717, 1.165) is 19.6 Å². The molecule has 0 amide bonds. The smallest absolute Gasteiger partial charge is 0.0465 e. The van der Waals surface area contributed by atoms with Gasteiger partial charge in [0.2, 0.25) is 0 Å². The topological polar surface area (TPSA) is 29.5 Å². The molecule has 0 aliphatic rings. The van der Waals surface area contributed by atoms with Gasteiger partial charge in [0.05, 0.1) is 0 Å². The summed E-state index contributed by atoms with van der Waals surface area (Å²) in [5, 5.41) is 8.67. The average Bonchev–Trinajstić information content (AvgIpc) is 2.71. The molecule has 0 aromatic carbocycles. The van der Waals surface area contributed by atoms with E-state index in [-0.39, 0.29) is 0 Å². The number of hydrogen-bond acceptors (Lipinski definition) is 2. The average molecular weight is 401 g/mol. The standard InChI is InChI=1S/C18H38O.C8H18O/c1-2-3-4-5-6-7-8-9-10-11-12-13-14-15-16-17-18-19;1-3-5-7-9-8-6-4-2/h19H,2-18H2,1H3;3-8H2,1-2H3. The van der Waals surface area contributed by atoms with Crippen LogP contribution in [0.1, 0.15) is 149 Å². The van der Waals surface area contributed by atoms with Gasteiger partial charge in [0, 0.05) is 19.8 Å². The van der Waals surface area contributed by atoms with Crippen LogP contribution in [0.25, 0.3) is 0 Å². The molecule has 0 saturated heterocycles. The molecular weight excluding hydrogens is 344 g/mol. The monoisotopic (exact) mass is 400 g/mol. The summed E-state index contributed by atoms with van der Waals surface area (Å²) < 4.78 is 5.31. The van der Waals surface area contributed by atoms with Crippen LogP contribution in [-0.4, -0.2) is 24.9 Å². The highest BCUT2D eigenvalue weighted by atomic mass is 16.5. The van der Waals surface area contributed by atoms with Crippen molar-refractivity contribution in [3.05, 3.63) is 0 Å². The molecule has 28 heavy (non-hydrogen) atoms. The van der Waals surface area contributed by atoms with Crippen molar-refractivity contribution in [2.24, 2.45) is 0 Å². The molecule has 0 rings (SSSR count). The van der Waals surface area contributed by atoms with E-state index in [1.54, 1.807) is 0 Å². The zero-order chi connectivity index (χ0) is 21.0. The van der Waals surface area contributed by atoms with Crippen LogP contribution in [-0.2, 0) is 4.74 Å². The molecule has 0 bridgehead atoms. The Morgan fingerprint density at radius 3 is 0.964 bits per heavy atom. The normalized spacial score (nSPS) is 10.7. The highest BCUT2D eigenvalue weighted by Crippen LogP contribution is 2.13. The SMILES string of the molecule is CCCCCCCCCCCCCCCCCCO.CCCCOCCCC. The predicted molar refractivity (Wildman–Crippen MR) is 127 cm³/mol. The van der Waals surface area contributed by atoms with Gasteiger partial charge < -0.3 is 9.84 Å². The third-order valence-corrected chi connectivity index (χ3v) is 5.30. The Hall–Kier alpha value is -0.0800. The molecule has 1 N–H and O–H groups in total. The number of unbranched alkanes of at least 4 members (excludes halogenated alkanes) is 17. The summed E-state index contributed by atoms with van der Waals surface area (Å²) >= 11 is 0. The van der Waals surface area contributed by atoms with Crippen molar-refractivity contribution in [2.75, 3.05) is 19.8 Å². The second kappa shape index (κ2) is 31.6. The van der Waals surface area contributed by atoms with Gasteiger partial charge in [-0.1, -0.05) is 130 Å². The number of aliphatic hydroxyl groups is 1. The molecule has 0 aliphatic carbocycles. The van der Waals surface area contributed by atoms with E-state index in [4.69, 9.17) is 9.84 Å². The maximum atomic E-state index is 8.67. The Morgan fingerprint density at radius 1 is 0.393 bits per heavy atom. The lowest BCUT2D eigenvalue weighted by Crippen LogP contribution is -1.95. The van der Waals surface area contributed by atoms with Crippen molar-refractivity contribution in [1.29, 1.82) is 0 Å². The van der Waals surface area contributed by atoms with E-state index in [1.165, 1.54) is 122 Å². The highest BCUT2D eigenvalue weighted by Gasteiger charge is 1.94. The van der Waals surface area contributed by atoms with Gasteiger partial charge in [-0.15, -0.1) is 0 Å². The first-order valence-electron chi connectivity index (χ1n) is 13.0. The lowest BCUT2D eigenvalue weighted by molar-refractivity contribution is 0.128. The van der Waals surface area contributed by atoms with E-state index in [0.29, 0.717) is 6.61 Å². The first-order chi connectivity index (χ1) is 13.8. The summed E-state index contributed by atoms with van der Waals surface area (Å²) in [6.45, 7) is 8.93. The minimum atomic E-state index is 0.373. The maximum Gasteiger partial charge on any atom is 0.0465 e. The zero-order valence-electron chi connectivity index (χ0n) is 20.1. The fourth-order valence-electron chi connectivity index (χ4n) is 3.25. The van der Waals surface area contributed by atoms with E-state index in [1.807, 2.05) is 0 Å². The van der Waals surface area contributed by atoms with Gasteiger partial charge >= 0.3 is 0 Å². The fourth-order valence-corrected chi connectivity index (χ4v) is 3.25. The zero-order valence-corrected chi connectivity index (χ0v) is 20.1. The summed E-state index contributed by atoms with van der Waals surface area (Å²) in [6.07, 6.45) is 27.1. The molecule has 0 saturated carbocycles. The van der Waals surface area contributed by atoms with E-state index in [2.05, 4.69) is 20.8 Å². The first kappa shape index (κ1) is 30.1. The molecular formula is C26H56O2. The fraction of sp³-hybridized carbons (Fsp3) is 1.00. The van der Waals surface area contributed by atoms with Gasteiger partial charge in [0.25, 0.3) is 0 Å². The highest BCUT2D eigenvalue weighted by molar-refractivity contribution is 4.49. The van der Waals surface area contributed by atoms with E-state index in [9.17, 15) is 0 Å². The molecule has 172 valence electrons. The van der Waals surface area contributed by atoms with Gasteiger partial charge in [-0.3, -0.25) is 0 Å². The summed E-state index contributed by atoms with van der Waals surface area (Å²) in [5.41, 5.74) is 0. The molecule has 0 radical (unpaired) electrons. The molecule has 2 heteroatoms. The minimum absolute atomic E-state index is 0.373. The van der Waals surface area contributed by atoms with Gasteiger partial charge in [-0.2, -0.15) is 0 Å². The number of ether oxygens (including phenoxy) is 1. The van der Waals surface area contributed by atoms with Crippen molar-refractivity contribution in [3.8, 4) is 0 Å². The lowest BCUT2D eigenvalue weighted by atomic mass is 10.0. The van der Waals surface area contributed by atoms with Crippen molar-refractivity contribution < 1.29 is 9.84 Å². The largest absolute Gasteiger partial charge is 0.396 e.